The zero-order chi connectivity index (χ0) is 20.3. The van der Waals surface area contributed by atoms with Crippen LogP contribution >= 0.6 is 11.6 Å². The van der Waals surface area contributed by atoms with Crippen molar-refractivity contribution in [3.05, 3.63) is 52.2 Å². The lowest BCUT2D eigenvalue weighted by Crippen LogP contribution is -2.27. The maximum absolute atomic E-state index is 12.7. The molecule has 8 heteroatoms. The highest BCUT2D eigenvalue weighted by atomic mass is 35.5. The van der Waals surface area contributed by atoms with Gasteiger partial charge in [0.2, 0.25) is 12.8 Å². The topological polar surface area (TPSA) is 80.3 Å². The molecule has 1 aliphatic carbocycles. The number of hydrogen-bond acceptors (Lipinski definition) is 4. The highest BCUT2D eigenvalue weighted by molar-refractivity contribution is 6.32. The van der Waals surface area contributed by atoms with Gasteiger partial charge in [-0.25, -0.2) is 9.37 Å². The number of nitrogens with zero attached hydrogens (tertiary/aromatic N) is 1. The first-order valence-electron chi connectivity index (χ1n) is 8.96. The Morgan fingerprint density at radius 2 is 2.07 bits per heavy atom. The molecule has 1 aromatic carbocycles. The van der Waals surface area contributed by atoms with Crippen LogP contribution in [0.2, 0.25) is 5.02 Å². The van der Waals surface area contributed by atoms with E-state index in [0.29, 0.717) is 17.1 Å². The monoisotopic (exact) mass is 405 g/mol. The maximum Gasteiger partial charge on any atom is 0.251 e. The maximum atomic E-state index is 12.7. The summed E-state index contributed by atoms with van der Waals surface area (Å²) in [6.45, 7) is 2.60. The molecule has 0 spiro atoms. The lowest BCUT2D eigenvalue weighted by atomic mass is 10.1. The van der Waals surface area contributed by atoms with Gasteiger partial charge in [0, 0.05) is 17.2 Å². The molecule has 2 N–H and O–H groups in total. The van der Waals surface area contributed by atoms with E-state index >= 15 is 0 Å². The molecule has 1 atom stereocenters. The van der Waals surface area contributed by atoms with E-state index in [9.17, 15) is 14.0 Å². The van der Waals surface area contributed by atoms with Crippen LogP contribution in [-0.2, 0) is 4.79 Å². The summed E-state index contributed by atoms with van der Waals surface area (Å²) in [5.74, 6) is 0.287. The number of rotatable bonds is 7. The van der Waals surface area contributed by atoms with Crippen molar-refractivity contribution >= 4 is 29.2 Å². The number of amides is 2. The number of ether oxygens (including phenoxy) is 1. The molecular formula is C20H21ClFN3O3. The molecule has 2 aromatic rings. The molecule has 1 unspecified atom stereocenters. The number of pyridine rings is 1. The molecule has 148 valence electrons. The van der Waals surface area contributed by atoms with E-state index in [1.807, 2.05) is 6.92 Å². The van der Waals surface area contributed by atoms with Gasteiger partial charge < -0.3 is 15.4 Å². The van der Waals surface area contributed by atoms with E-state index in [1.165, 1.54) is 0 Å². The molecule has 1 heterocycles. The first-order valence-corrected chi connectivity index (χ1v) is 9.34. The Kier molecular flexibility index (Phi) is 6.14. The lowest BCUT2D eigenvalue weighted by Gasteiger charge is -2.16. The van der Waals surface area contributed by atoms with E-state index in [4.69, 9.17) is 16.3 Å². The van der Waals surface area contributed by atoms with E-state index in [-0.39, 0.29) is 34.5 Å². The minimum Gasteiger partial charge on any atom is -0.461 e. The first kappa shape index (κ1) is 20.1. The number of aryl methyl sites for hydroxylation is 1. The van der Waals surface area contributed by atoms with Crippen LogP contribution in [0.25, 0.3) is 0 Å². The van der Waals surface area contributed by atoms with Crippen molar-refractivity contribution in [2.24, 2.45) is 5.92 Å². The predicted molar refractivity (Wildman–Crippen MR) is 104 cm³/mol. The Bertz CT molecular complexity index is 902. The summed E-state index contributed by atoms with van der Waals surface area (Å²) in [7, 11) is 0. The van der Waals surface area contributed by atoms with Gasteiger partial charge in [-0.3, -0.25) is 9.59 Å². The van der Waals surface area contributed by atoms with Crippen LogP contribution in [0.3, 0.4) is 0 Å². The third-order valence-electron chi connectivity index (χ3n) is 4.43. The Hall–Kier alpha value is -2.67. The summed E-state index contributed by atoms with van der Waals surface area (Å²) >= 11 is 6.07. The molecule has 0 saturated heterocycles. The van der Waals surface area contributed by atoms with E-state index < -0.39 is 6.86 Å². The molecule has 1 fully saturated rings. The number of nitrogens with one attached hydrogen (secondary N) is 2. The standard InChI is InChI=1S/C20H21ClFN3O3/c1-11-7-15(9-18(23-11)25-19(26)13-3-4-13)20(27)24-12(2)14-5-6-17(28-10-22)16(21)8-14/h5-9,12-13H,3-4,10H2,1-2H3,(H,24,27)(H,23,25,26). The van der Waals surface area contributed by atoms with Gasteiger partial charge in [-0.15, -0.1) is 0 Å². The third kappa shape index (κ3) is 4.98. The minimum atomic E-state index is -0.966. The van der Waals surface area contributed by atoms with Crippen LogP contribution < -0.4 is 15.4 Å². The van der Waals surface area contributed by atoms with Crippen molar-refractivity contribution < 1.29 is 18.7 Å². The SMILES string of the molecule is Cc1cc(C(=O)NC(C)c2ccc(OCF)c(Cl)c2)cc(NC(=O)C2CC2)n1. The van der Waals surface area contributed by atoms with Crippen LogP contribution in [-0.4, -0.2) is 23.7 Å². The molecular weight excluding hydrogens is 385 g/mol. The van der Waals surface area contributed by atoms with Crippen LogP contribution in [0.15, 0.2) is 30.3 Å². The molecule has 3 rings (SSSR count). The largest absolute Gasteiger partial charge is 0.461 e. The molecule has 0 bridgehead atoms. The fourth-order valence-corrected chi connectivity index (χ4v) is 3.01. The Morgan fingerprint density at radius 3 is 2.71 bits per heavy atom. The zero-order valence-corrected chi connectivity index (χ0v) is 16.3. The number of alkyl halides is 1. The number of carbonyl (C=O) groups excluding carboxylic acids is 2. The summed E-state index contributed by atoms with van der Waals surface area (Å²) in [5, 5.41) is 5.90. The number of anilines is 1. The van der Waals surface area contributed by atoms with Gasteiger partial charge in [0.05, 0.1) is 11.1 Å². The summed E-state index contributed by atoms with van der Waals surface area (Å²) in [4.78, 5) is 28.9. The molecule has 2 amide bonds. The molecule has 1 aromatic heterocycles. The number of aromatic nitrogens is 1. The van der Waals surface area contributed by atoms with Gasteiger partial charge in [0.15, 0.2) is 0 Å². The van der Waals surface area contributed by atoms with Crippen molar-refractivity contribution in [3.63, 3.8) is 0 Å². The summed E-state index contributed by atoms with van der Waals surface area (Å²) in [5.41, 5.74) is 1.77. The van der Waals surface area contributed by atoms with Crippen molar-refractivity contribution in [3.8, 4) is 5.75 Å². The average Bonchev–Trinajstić information content (AvgIpc) is 3.48. The Morgan fingerprint density at radius 1 is 1.32 bits per heavy atom. The average molecular weight is 406 g/mol. The van der Waals surface area contributed by atoms with Gasteiger partial charge in [0.1, 0.15) is 11.6 Å². The van der Waals surface area contributed by atoms with E-state index in [0.717, 1.165) is 18.4 Å². The fraction of sp³-hybridized carbons (Fsp3) is 0.350. The second kappa shape index (κ2) is 8.56. The third-order valence-corrected chi connectivity index (χ3v) is 4.72. The van der Waals surface area contributed by atoms with Crippen molar-refractivity contribution in [2.45, 2.75) is 32.7 Å². The first-order chi connectivity index (χ1) is 13.4. The van der Waals surface area contributed by atoms with Crippen molar-refractivity contribution in [2.75, 3.05) is 12.2 Å². The quantitative estimate of drug-likeness (QED) is 0.723. The van der Waals surface area contributed by atoms with Gasteiger partial charge in [-0.05, 0) is 56.5 Å². The fourth-order valence-electron chi connectivity index (χ4n) is 2.76. The normalized spacial score (nSPS) is 14.3. The summed E-state index contributed by atoms with van der Waals surface area (Å²) in [6, 6.07) is 7.75. The predicted octanol–water partition coefficient (Wildman–Crippen LogP) is 4.19. The molecule has 0 aliphatic heterocycles. The number of hydrogen-bond donors (Lipinski definition) is 2. The second-order valence-corrected chi connectivity index (χ2v) is 7.19. The Balaban J connectivity index is 1.70. The van der Waals surface area contributed by atoms with Crippen LogP contribution in [0.1, 0.15) is 47.4 Å². The minimum absolute atomic E-state index is 0.0497. The Labute approximate surface area is 167 Å². The zero-order valence-electron chi connectivity index (χ0n) is 15.6. The highest BCUT2D eigenvalue weighted by Gasteiger charge is 2.30. The van der Waals surface area contributed by atoms with Gasteiger partial charge in [-0.2, -0.15) is 0 Å². The van der Waals surface area contributed by atoms with Crippen LogP contribution in [0.4, 0.5) is 10.2 Å². The van der Waals surface area contributed by atoms with E-state index in [1.54, 1.807) is 37.3 Å². The van der Waals surface area contributed by atoms with Crippen molar-refractivity contribution in [1.29, 1.82) is 0 Å². The van der Waals surface area contributed by atoms with Gasteiger partial charge in [-0.1, -0.05) is 17.7 Å². The second-order valence-electron chi connectivity index (χ2n) is 6.78. The number of carbonyl (C=O) groups is 2. The highest BCUT2D eigenvalue weighted by Crippen LogP contribution is 2.30. The molecule has 0 radical (unpaired) electrons. The lowest BCUT2D eigenvalue weighted by molar-refractivity contribution is -0.117. The van der Waals surface area contributed by atoms with E-state index in [2.05, 4.69) is 15.6 Å². The van der Waals surface area contributed by atoms with Crippen LogP contribution in [0.5, 0.6) is 5.75 Å². The summed E-state index contributed by atoms with van der Waals surface area (Å²) in [6.07, 6.45) is 1.78. The van der Waals surface area contributed by atoms with Gasteiger partial charge in [0.25, 0.3) is 5.91 Å². The number of benzene rings is 1. The van der Waals surface area contributed by atoms with Crippen LogP contribution in [0, 0.1) is 12.8 Å². The van der Waals surface area contributed by atoms with Gasteiger partial charge >= 0.3 is 0 Å². The smallest absolute Gasteiger partial charge is 0.251 e. The van der Waals surface area contributed by atoms with Crippen molar-refractivity contribution in [1.82, 2.24) is 10.3 Å². The summed E-state index contributed by atoms with van der Waals surface area (Å²) < 4.78 is 17.1. The molecule has 6 nitrogen and oxygen atoms in total. The number of halogens is 2. The molecule has 1 saturated carbocycles. The molecule has 28 heavy (non-hydrogen) atoms. The molecule has 1 aliphatic rings.